The van der Waals surface area contributed by atoms with Gasteiger partial charge in [0.15, 0.2) is 0 Å². The number of phenols is 1. The van der Waals surface area contributed by atoms with Gasteiger partial charge in [-0.1, -0.05) is 13.0 Å². The molecule has 0 bridgehead atoms. The van der Waals surface area contributed by atoms with Crippen LogP contribution in [-0.4, -0.2) is 47.1 Å². The normalized spacial score (nSPS) is 28.5. The first-order chi connectivity index (χ1) is 9.19. The van der Waals surface area contributed by atoms with Gasteiger partial charge in [0.2, 0.25) is 0 Å². The number of hydrogen-bond acceptors (Lipinski definition) is 3. The van der Waals surface area contributed by atoms with Crippen molar-refractivity contribution < 1.29 is 5.11 Å². The summed E-state index contributed by atoms with van der Waals surface area (Å²) in [6, 6.07) is 7.13. The Morgan fingerprint density at radius 1 is 1.32 bits per heavy atom. The number of hydrogen-bond donors (Lipinski definition) is 1. The Morgan fingerprint density at radius 3 is 2.89 bits per heavy atom. The summed E-state index contributed by atoms with van der Waals surface area (Å²) in [5.41, 5.74) is 2.78. The Bertz CT molecular complexity index is 460. The second-order valence-electron chi connectivity index (χ2n) is 5.91. The van der Waals surface area contributed by atoms with Crippen LogP contribution < -0.4 is 0 Å². The van der Waals surface area contributed by atoms with Crippen LogP contribution in [0.4, 0.5) is 0 Å². The summed E-state index contributed by atoms with van der Waals surface area (Å²) in [4.78, 5) is 5.20. The van der Waals surface area contributed by atoms with Gasteiger partial charge in [0.05, 0.1) is 0 Å². The molecule has 1 aliphatic heterocycles. The Balaban J connectivity index is 1.76. The molecule has 0 aromatic heterocycles. The molecule has 3 heteroatoms. The molecule has 0 radical (unpaired) electrons. The molecule has 3 rings (SSSR count). The smallest absolute Gasteiger partial charge is 0.115 e. The number of phenolic OH excluding ortho intramolecular Hbond substituents is 1. The van der Waals surface area contributed by atoms with Crippen LogP contribution in [0.15, 0.2) is 18.2 Å². The van der Waals surface area contributed by atoms with E-state index in [2.05, 4.69) is 29.7 Å². The molecular formula is C16H24N2O. The van der Waals surface area contributed by atoms with Crippen LogP contribution in [-0.2, 0) is 6.42 Å². The molecule has 1 fully saturated rings. The molecule has 19 heavy (non-hydrogen) atoms. The summed E-state index contributed by atoms with van der Waals surface area (Å²) in [7, 11) is 0. The van der Waals surface area contributed by atoms with Crippen molar-refractivity contribution in [2.45, 2.75) is 38.8 Å². The molecule has 0 saturated carbocycles. The first kappa shape index (κ1) is 12.9. The molecule has 2 aliphatic rings. The minimum Gasteiger partial charge on any atom is -0.508 e. The maximum absolute atomic E-state index is 9.58. The van der Waals surface area contributed by atoms with Crippen molar-refractivity contribution in [2.75, 3.05) is 26.2 Å². The van der Waals surface area contributed by atoms with E-state index in [1.54, 1.807) is 0 Å². The molecule has 1 aromatic carbocycles. The van der Waals surface area contributed by atoms with E-state index in [4.69, 9.17) is 0 Å². The predicted molar refractivity (Wildman–Crippen MR) is 77.5 cm³/mol. The third-order valence-corrected chi connectivity index (χ3v) is 4.82. The molecule has 1 aromatic rings. The predicted octanol–water partition coefficient (Wildman–Crippen LogP) is 2.41. The lowest BCUT2D eigenvalue weighted by Gasteiger charge is -2.42. The van der Waals surface area contributed by atoms with E-state index in [1.807, 2.05) is 12.1 Å². The van der Waals surface area contributed by atoms with Crippen LogP contribution >= 0.6 is 0 Å². The van der Waals surface area contributed by atoms with E-state index >= 15 is 0 Å². The largest absolute Gasteiger partial charge is 0.508 e. The summed E-state index contributed by atoms with van der Waals surface area (Å²) in [5.74, 6) is 0.406. The van der Waals surface area contributed by atoms with Crippen molar-refractivity contribution >= 4 is 0 Å². The zero-order valence-electron chi connectivity index (χ0n) is 12.0. The summed E-state index contributed by atoms with van der Waals surface area (Å²) >= 11 is 0. The lowest BCUT2D eigenvalue weighted by molar-refractivity contribution is 0.0587. The van der Waals surface area contributed by atoms with Gasteiger partial charge < -0.3 is 5.11 Å². The van der Waals surface area contributed by atoms with Crippen LogP contribution in [0.3, 0.4) is 0 Å². The number of likely N-dealkylation sites (N-methyl/N-ethyl adjacent to an activating group) is 1. The summed E-state index contributed by atoms with van der Waals surface area (Å²) in [5, 5.41) is 9.58. The minimum absolute atomic E-state index is 0.406. The van der Waals surface area contributed by atoms with E-state index in [0.29, 0.717) is 17.8 Å². The molecule has 104 valence electrons. The number of benzene rings is 1. The highest BCUT2D eigenvalue weighted by molar-refractivity contribution is 5.40. The number of fused-ring (bicyclic) bond motifs is 1. The van der Waals surface area contributed by atoms with Gasteiger partial charge in [-0.15, -0.1) is 0 Å². The minimum atomic E-state index is 0.406. The number of rotatable bonds is 2. The van der Waals surface area contributed by atoms with Gasteiger partial charge in [-0.05, 0) is 49.6 Å². The van der Waals surface area contributed by atoms with Crippen LogP contribution in [0.5, 0.6) is 5.75 Å². The van der Waals surface area contributed by atoms with Crippen molar-refractivity contribution in [2.24, 2.45) is 0 Å². The van der Waals surface area contributed by atoms with Crippen molar-refractivity contribution in [3.8, 4) is 5.75 Å². The Morgan fingerprint density at radius 2 is 2.16 bits per heavy atom. The van der Waals surface area contributed by atoms with Crippen molar-refractivity contribution in [1.82, 2.24) is 9.80 Å². The second-order valence-corrected chi connectivity index (χ2v) is 5.91. The van der Waals surface area contributed by atoms with E-state index in [9.17, 15) is 5.11 Å². The van der Waals surface area contributed by atoms with Gasteiger partial charge in [-0.25, -0.2) is 0 Å². The first-order valence-corrected chi connectivity index (χ1v) is 7.49. The lowest BCUT2D eigenvalue weighted by atomic mass is 10.0. The fraction of sp³-hybridized carbons (Fsp3) is 0.625. The fourth-order valence-electron chi connectivity index (χ4n) is 3.74. The third-order valence-electron chi connectivity index (χ3n) is 4.82. The van der Waals surface area contributed by atoms with E-state index < -0.39 is 0 Å². The van der Waals surface area contributed by atoms with Gasteiger partial charge >= 0.3 is 0 Å². The van der Waals surface area contributed by atoms with Crippen molar-refractivity contribution in [1.29, 1.82) is 0 Å². The number of aryl methyl sites for hydroxylation is 1. The Labute approximate surface area is 115 Å². The fourth-order valence-corrected chi connectivity index (χ4v) is 3.74. The summed E-state index contributed by atoms with van der Waals surface area (Å²) in [6.45, 7) is 9.26. The van der Waals surface area contributed by atoms with Crippen LogP contribution in [0, 0.1) is 0 Å². The van der Waals surface area contributed by atoms with E-state index in [-0.39, 0.29) is 0 Å². The van der Waals surface area contributed by atoms with Crippen LogP contribution in [0.2, 0.25) is 0 Å². The van der Waals surface area contributed by atoms with Crippen molar-refractivity contribution in [3.63, 3.8) is 0 Å². The molecule has 0 spiro atoms. The Kier molecular flexibility index (Phi) is 3.50. The number of piperazine rings is 1. The zero-order valence-corrected chi connectivity index (χ0v) is 12.0. The molecule has 2 unspecified atom stereocenters. The summed E-state index contributed by atoms with van der Waals surface area (Å²) in [6.07, 6.45) is 2.31. The number of nitrogens with zero attached hydrogens (tertiary/aromatic N) is 2. The van der Waals surface area contributed by atoms with Gasteiger partial charge in [0.25, 0.3) is 0 Å². The van der Waals surface area contributed by atoms with E-state index in [1.165, 1.54) is 37.2 Å². The molecule has 2 atom stereocenters. The zero-order chi connectivity index (χ0) is 13.4. The maximum atomic E-state index is 9.58. The number of aromatic hydroxyl groups is 1. The topological polar surface area (TPSA) is 26.7 Å². The van der Waals surface area contributed by atoms with Gasteiger partial charge in [-0.3, -0.25) is 9.80 Å². The quantitative estimate of drug-likeness (QED) is 0.884. The Hall–Kier alpha value is -1.06. The van der Waals surface area contributed by atoms with Gasteiger partial charge in [0, 0.05) is 31.7 Å². The molecule has 1 saturated heterocycles. The first-order valence-electron chi connectivity index (χ1n) is 7.49. The highest BCUT2D eigenvalue weighted by Gasteiger charge is 2.32. The average Bonchev–Trinajstić information content (AvgIpc) is 2.81. The molecule has 1 N–H and O–H groups in total. The molecule has 1 heterocycles. The lowest BCUT2D eigenvalue weighted by Crippen LogP contribution is -2.52. The monoisotopic (exact) mass is 260 g/mol. The highest BCUT2D eigenvalue weighted by Crippen LogP contribution is 2.38. The maximum Gasteiger partial charge on any atom is 0.115 e. The van der Waals surface area contributed by atoms with Crippen LogP contribution in [0.25, 0.3) is 0 Å². The average molecular weight is 260 g/mol. The summed E-state index contributed by atoms with van der Waals surface area (Å²) < 4.78 is 0. The molecule has 3 nitrogen and oxygen atoms in total. The molecular weight excluding hydrogens is 236 g/mol. The highest BCUT2D eigenvalue weighted by atomic mass is 16.3. The molecule has 1 aliphatic carbocycles. The van der Waals surface area contributed by atoms with Crippen molar-refractivity contribution in [3.05, 3.63) is 29.3 Å². The standard InChI is InChI=1S/C16H24N2O/c1-3-17-8-9-18(11-12(17)2)16-7-4-13-10-14(19)5-6-15(13)16/h5-6,10,12,16,19H,3-4,7-9,11H2,1-2H3. The van der Waals surface area contributed by atoms with Gasteiger partial charge in [0.1, 0.15) is 5.75 Å². The van der Waals surface area contributed by atoms with E-state index in [0.717, 1.165) is 13.0 Å². The SMILES string of the molecule is CCN1CCN(C2CCc3cc(O)ccc32)CC1C. The molecule has 0 amide bonds. The second kappa shape index (κ2) is 5.14. The van der Waals surface area contributed by atoms with Gasteiger partial charge in [-0.2, -0.15) is 0 Å². The van der Waals surface area contributed by atoms with Crippen LogP contribution in [0.1, 0.15) is 37.4 Å². The third kappa shape index (κ3) is 2.37.